The van der Waals surface area contributed by atoms with Crippen molar-refractivity contribution in [2.24, 2.45) is 5.92 Å². The van der Waals surface area contributed by atoms with Gasteiger partial charge in [0.15, 0.2) is 0 Å². The Bertz CT molecular complexity index is 238. The molecule has 0 amide bonds. The molecule has 0 aromatic carbocycles. The number of thiazole rings is 1. The third-order valence-electron chi connectivity index (χ3n) is 2.12. The van der Waals surface area contributed by atoms with Crippen molar-refractivity contribution in [3.8, 4) is 0 Å². The number of aromatic nitrogens is 1. The van der Waals surface area contributed by atoms with E-state index in [9.17, 15) is 0 Å². The Morgan fingerprint density at radius 1 is 1.57 bits per heavy atom. The van der Waals surface area contributed by atoms with Crippen LogP contribution >= 0.6 is 11.3 Å². The van der Waals surface area contributed by atoms with Crippen LogP contribution in [0.4, 0.5) is 0 Å². The summed E-state index contributed by atoms with van der Waals surface area (Å²) in [6, 6.07) is 0.334. The summed E-state index contributed by atoms with van der Waals surface area (Å²) in [6.45, 7) is 6.07. The molecule has 2 unspecified atom stereocenters. The van der Waals surface area contributed by atoms with Crippen LogP contribution < -0.4 is 5.32 Å². The lowest BCUT2D eigenvalue weighted by molar-refractivity contribution is 0.157. The van der Waals surface area contributed by atoms with E-state index in [1.54, 1.807) is 18.4 Å². The number of methoxy groups -OCH3 is 1. The van der Waals surface area contributed by atoms with Gasteiger partial charge in [-0.25, -0.2) is 4.98 Å². The SMILES string of the molecule is COCC(C)CNC(C)c1cscn1. The lowest BCUT2D eigenvalue weighted by atomic mass is 10.2. The fraction of sp³-hybridized carbons (Fsp3) is 0.700. The van der Waals surface area contributed by atoms with Gasteiger partial charge in [0.1, 0.15) is 0 Å². The summed E-state index contributed by atoms with van der Waals surface area (Å²) >= 11 is 1.64. The molecule has 0 bridgehead atoms. The van der Waals surface area contributed by atoms with Gasteiger partial charge in [-0.3, -0.25) is 0 Å². The maximum atomic E-state index is 5.07. The van der Waals surface area contributed by atoms with Crippen molar-refractivity contribution < 1.29 is 4.74 Å². The van der Waals surface area contributed by atoms with E-state index in [2.05, 4.69) is 29.5 Å². The Labute approximate surface area is 89.5 Å². The molecule has 1 aromatic heterocycles. The van der Waals surface area contributed by atoms with E-state index in [1.807, 2.05) is 5.51 Å². The number of nitrogens with zero attached hydrogens (tertiary/aromatic N) is 1. The first-order valence-electron chi connectivity index (χ1n) is 4.84. The molecule has 0 radical (unpaired) electrons. The highest BCUT2D eigenvalue weighted by molar-refractivity contribution is 7.07. The second-order valence-corrected chi connectivity index (χ2v) is 4.32. The highest BCUT2D eigenvalue weighted by Gasteiger charge is 2.08. The molecule has 1 heterocycles. The van der Waals surface area contributed by atoms with Crippen LogP contribution in [-0.2, 0) is 4.74 Å². The van der Waals surface area contributed by atoms with Crippen LogP contribution in [0.3, 0.4) is 0 Å². The molecular weight excluding hydrogens is 196 g/mol. The van der Waals surface area contributed by atoms with Crippen LogP contribution in [0.15, 0.2) is 10.9 Å². The van der Waals surface area contributed by atoms with Crippen molar-refractivity contribution >= 4 is 11.3 Å². The Morgan fingerprint density at radius 2 is 2.36 bits per heavy atom. The van der Waals surface area contributed by atoms with Crippen LogP contribution in [-0.4, -0.2) is 25.2 Å². The van der Waals surface area contributed by atoms with E-state index in [-0.39, 0.29) is 0 Å². The Hall–Kier alpha value is -0.450. The topological polar surface area (TPSA) is 34.1 Å². The van der Waals surface area contributed by atoms with Gasteiger partial charge in [0.05, 0.1) is 11.2 Å². The monoisotopic (exact) mass is 214 g/mol. The molecule has 2 atom stereocenters. The predicted molar refractivity (Wildman–Crippen MR) is 59.6 cm³/mol. The summed E-state index contributed by atoms with van der Waals surface area (Å²) in [5.74, 6) is 0.543. The minimum atomic E-state index is 0.334. The summed E-state index contributed by atoms with van der Waals surface area (Å²) in [5.41, 5.74) is 2.99. The zero-order valence-electron chi connectivity index (χ0n) is 8.99. The summed E-state index contributed by atoms with van der Waals surface area (Å²) < 4.78 is 5.07. The van der Waals surface area contributed by atoms with Crippen molar-refractivity contribution in [3.63, 3.8) is 0 Å². The molecule has 14 heavy (non-hydrogen) atoms. The minimum absolute atomic E-state index is 0.334. The molecular formula is C10H18N2OS. The summed E-state index contributed by atoms with van der Waals surface area (Å²) in [5, 5.41) is 5.52. The fourth-order valence-electron chi connectivity index (χ4n) is 1.26. The number of nitrogens with one attached hydrogen (secondary N) is 1. The van der Waals surface area contributed by atoms with Gasteiger partial charge in [-0.2, -0.15) is 0 Å². The minimum Gasteiger partial charge on any atom is -0.384 e. The lowest BCUT2D eigenvalue weighted by Gasteiger charge is -2.15. The van der Waals surface area contributed by atoms with E-state index >= 15 is 0 Å². The molecule has 0 saturated carbocycles. The van der Waals surface area contributed by atoms with E-state index in [4.69, 9.17) is 4.74 Å². The first kappa shape index (κ1) is 11.6. The lowest BCUT2D eigenvalue weighted by Crippen LogP contribution is -2.26. The van der Waals surface area contributed by atoms with Crippen molar-refractivity contribution in [2.45, 2.75) is 19.9 Å². The molecule has 0 aliphatic carbocycles. The van der Waals surface area contributed by atoms with Crippen molar-refractivity contribution in [2.75, 3.05) is 20.3 Å². The molecule has 80 valence electrons. The molecule has 1 rings (SSSR count). The van der Waals surface area contributed by atoms with Gasteiger partial charge in [0, 0.05) is 31.7 Å². The maximum absolute atomic E-state index is 5.07. The second kappa shape index (κ2) is 6.11. The van der Waals surface area contributed by atoms with Gasteiger partial charge in [-0.05, 0) is 12.8 Å². The van der Waals surface area contributed by atoms with Gasteiger partial charge in [-0.15, -0.1) is 11.3 Å². The highest BCUT2D eigenvalue weighted by atomic mass is 32.1. The number of hydrogen-bond acceptors (Lipinski definition) is 4. The molecule has 0 saturated heterocycles. The first-order chi connectivity index (χ1) is 6.74. The molecule has 3 nitrogen and oxygen atoms in total. The van der Waals surface area contributed by atoms with Gasteiger partial charge < -0.3 is 10.1 Å². The zero-order chi connectivity index (χ0) is 10.4. The molecule has 0 aliphatic heterocycles. The molecule has 0 spiro atoms. The van der Waals surface area contributed by atoms with E-state index in [0.717, 1.165) is 18.8 Å². The number of hydrogen-bond donors (Lipinski definition) is 1. The smallest absolute Gasteiger partial charge is 0.0795 e. The maximum Gasteiger partial charge on any atom is 0.0795 e. The highest BCUT2D eigenvalue weighted by Crippen LogP contribution is 2.11. The Kier molecular flexibility index (Phi) is 5.07. The summed E-state index contributed by atoms with van der Waals surface area (Å²) in [7, 11) is 1.74. The van der Waals surface area contributed by atoms with Crippen LogP contribution in [0.1, 0.15) is 25.6 Å². The fourth-order valence-corrected chi connectivity index (χ4v) is 1.91. The quantitative estimate of drug-likeness (QED) is 0.787. The molecule has 1 N–H and O–H groups in total. The Morgan fingerprint density at radius 3 is 2.93 bits per heavy atom. The largest absolute Gasteiger partial charge is 0.384 e. The average molecular weight is 214 g/mol. The number of rotatable bonds is 6. The van der Waals surface area contributed by atoms with Crippen molar-refractivity contribution in [3.05, 3.63) is 16.6 Å². The van der Waals surface area contributed by atoms with Crippen LogP contribution in [0.5, 0.6) is 0 Å². The predicted octanol–water partition coefficient (Wildman–Crippen LogP) is 2.08. The van der Waals surface area contributed by atoms with Crippen LogP contribution in [0.25, 0.3) is 0 Å². The third-order valence-corrected chi connectivity index (χ3v) is 2.72. The normalized spacial score (nSPS) is 15.4. The number of ether oxygens (including phenoxy) is 1. The molecule has 1 aromatic rings. The van der Waals surface area contributed by atoms with Crippen LogP contribution in [0, 0.1) is 5.92 Å². The van der Waals surface area contributed by atoms with E-state index in [0.29, 0.717) is 12.0 Å². The second-order valence-electron chi connectivity index (χ2n) is 3.60. The van der Waals surface area contributed by atoms with Crippen LogP contribution in [0.2, 0.25) is 0 Å². The van der Waals surface area contributed by atoms with Gasteiger partial charge in [-0.1, -0.05) is 6.92 Å². The van der Waals surface area contributed by atoms with E-state index < -0.39 is 0 Å². The van der Waals surface area contributed by atoms with Crippen molar-refractivity contribution in [1.29, 1.82) is 0 Å². The first-order valence-corrected chi connectivity index (χ1v) is 5.78. The molecule has 4 heteroatoms. The summed E-state index contributed by atoms with van der Waals surface area (Å²) in [6.07, 6.45) is 0. The van der Waals surface area contributed by atoms with Gasteiger partial charge in [0.25, 0.3) is 0 Å². The van der Waals surface area contributed by atoms with E-state index in [1.165, 1.54) is 0 Å². The third kappa shape index (κ3) is 3.74. The standard InChI is InChI=1S/C10H18N2OS/c1-8(5-13-3)4-11-9(2)10-6-14-7-12-10/h6-9,11H,4-5H2,1-3H3. The Balaban J connectivity index is 2.24. The van der Waals surface area contributed by atoms with Crippen molar-refractivity contribution in [1.82, 2.24) is 10.3 Å². The van der Waals surface area contributed by atoms with Gasteiger partial charge in [0.2, 0.25) is 0 Å². The zero-order valence-corrected chi connectivity index (χ0v) is 9.80. The molecule has 0 aliphatic rings. The average Bonchev–Trinajstić information content (AvgIpc) is 2.67. The van der Waals surface area contributed by atoms with Gasteiger partial charge >= 0.3 is 0 Å². The molecule has 0 fully saturated rings. The summed E-state index contributed by atoms with van der Waals surface area (Å²) in [4.78, 5) is 4.26.